The number of hydrogen-bond acceptors (Lipinski definition) is 3. The molecule has 1 aromatic carbocycles. The van der Waals surface area contributed by atoms with Gasteiger partial charge in [-0.1, -0.05) is 19.9 Å². The number of halogens is 2. The highest BCUT2D eigenvalue weighted by Crippen LogP contribution is 2.31. The molecular formula is C15H20F2N2O. The Labute approximate surface area is 118 Å². The van der Waals surface area contributed by atoms with Crippen LogP contribution in [0.25, 0.3) is 0 Å². The van der Waals surface area contributed by atoms with Crippen LogP contribution in [0.2, 0.25) is 0 Å². The second-order valence-corrected chi connectivity index (χ2v) is 4.28. The average Bonchev–Trinajstić information content (AvgIpc) is 2.43. The van der Waals surface area contributed by atoms with Gasteiger partial charge in [0.15, 0.2) is 0 Å². The molecule has 110 valence electrons. The van der Waals surface area contributed by atoms with Crippen LogP contribution in [0.5, 0.6) is 5.75 Å². The summed E-state index contributed by atoms with van der Waals surface area (Å²) in [5.74, 6) is 0.506. The lowest BCUT2D eigenvalue weighted by molar-refractivity contribution is 0.184. The third-order valence-corrected chi connectivity index (χ3v) is 2.80. The van der Waals surface area contributed by atoms with Crippen molar-refractivity contribution >= 4 is 11.4 Å². The molecule has 0 saturated heterocycles. The van der Waals surface area contributed by atoms with Gasteiger partial charge in [0.2, 0.25) is 0 Å². The number of alkyl halides is 2. The number of benzene rings is 1. The van der Waals surface area contributed by atoms with Crippen LogP contribution in [0.4, 0.5) is 20.2 Å². The smallest absolute Gasteiger partial charge is 0.261 e. The molecule has 0 fully saturated rings. The van der Waals surface area contributed by atoms with E-state index in [-0.39, 0.29) is 5.57 Å². The minimum absolute atomic E-state index is 0.0614. The van der Waals surface area contributed by atoms with Gasteiger partial charge in [-0.05, 0) is 18.6 Å². The molecule has 0 heterocycles. The van der Waals surface area contributed by atoms with Crippen molar-refractivity contribution in [3.05, 3.63) is 42.8 Å². The molecule has 0 aliphatic heterocycles. The predicted molar refractivity (Wildman–Crippen MR) is 79.1 cm³/mol. The highest BCUT2D eigenvalue weighted by Gasteiger charge is 2.14. The summed E-state index contributed by atoms with van der Waals surface area (Å²) in [5.41, 5.74) is 6.90. The molecule has 2 N–H and O–H groups in total. The zero-order valence-corrected chi connectivity index (χ0v) is 11.8. The molecule has 0 aliphatic rings. The molecule has 5 heteroatoms. The summed E-state index contributed by atoms with van der Waals surface area (Å²) in [5, 5.41) is 0. The summed E-state index contributed by atoms with van der Waals surface area (Å²) in [6.45, 7) is 5.52. The Kier molecular flexibility index (Phi) is 6.03. The largest absolute Gasteiger partial charge is 0.494 e. The number of nitrogen functional groups attached to an aromatic ring is 1. The van der Waals surface area contributed by atoms with Crippen molar-refractivity contribution in [2.45, 2.75) is 26.2 Å². The minimum Gasteiger partial charge on any atom is -0.494 e. The monoisotopic (exact) mass is 282 g/mol. The van der Waals surface area contributed by atoms with Crippen molar-refractivity contribution in [3.63, 3.8) is 0 Å². The first-order valence-electron chi connectivity index (χ1n) is 6.36. The Morgan fingerprint density at radius 2 is 2.20 bits per heavy atom. The van der Waals surface area contributed by atoms with Crippen molar-refractivity contribution in [3.8, 4) is 5.75 Å². The Hall–Kier alpha value is -2.04. The van der Waals surface area contributed by atoms with Crippen LogP contribution in [-0.4, -0.2) is 13.5 Å². The second-order valence-electron chi connectivity index (χ2n) is 4.28. The molecule has 1 rings (SSSR count). The van der Waals surface area contributed by atoms with E-state index in [2.05, 4.69) is 6.58 Å². The van der Waals surface area contributed by atoms with Gasteiger partial charge in [0.05, 0.1) is 12.8 Å². The van der Waals surface area contributed by atoms with Crippen LogP contribution in [0.3, 0.4) is 0 Å². The molecule has 0 aliphatic carbocycles. The predicted octanol–water partition coefficient (Wildman–Crippen LogP) is 4.18. The van der Waals surface area contributed by atoms with E-state index in [0.717, 1.165) is 0 Å². The number of hydrogen-bond donors (Lipinski definition) is 1. The standard InChI is InChI=1S/C15H20F2N2O/c1-4-6-11(15(16)17)10-19(5-2)13-8-7-12(18)9-14(13)20-3/h5,7-10,15H,2,4,6,18H2,1,3H3/b11-10+. The maximum atomic E-state index is 13.0. The van der Waals surface area contributed by atoms with Gasteiger partial charge in [0.1, 0.15) is 5.75 Å². The van der Waals surface area contributed by atoms with Gasteiger partial charge in [-0.3, -0.25) is 0 Å². The van der Waals surface area contributed by atoms with Gasteiger partial charge in [-0.15, -0.1) is 0 Å². The Morgan fingerprint density at radius 3 is 2.70 bits per heavy atom. The van der Waals surface area contributed by atoms with E-state index >= 15 is 0 Å². The van der Waals surface area contributed by atoms with Crippen molar-refractivity contribution in [2.75, 3.05) is 17.7 Å². The Bertz CT molecular complexity index is 487. The fraction of sp³-hybridized carbons (Fsp3) is 0.333. The lowest BCUT2D eigenvalue weighted by Crippen LogP contribution is -2.12. The first-order valence-corrected chi connectivity index (χ1v) is 6.36. The number of nitrogens with zero attached hydrogens (tertiary/aromatic N) is 1. The van der Waals surface area contributed by atoms with Crippen LogP contribution in [-0.2, 0) is 0 Å². The molecule has 0 atom stereocenters. The van der Waals surface area contributed by atoms with Crippen LogP contribution in [0.1, 0.15) is 19.8 Å². The average molecular weight is 282 g/mol. The molecule has 0 aromatic heterocycles. The number of nitrogens with two attached hydrogens (primary N) is 1. The van der Waals surface area contributed by atoms with E-state index < -0.39 is 6.43 Å². The van der Waals surface area contributed by atoms with E-state index in [1.54, 1.807) is 18.2 Å². The first kappa shape index (κ1) is 16.0. The molecule has 0 amide bonds. The highest BCUT2D eigenvalue weighted by atomic mass is 19.3. The summed E-state index contributed by atoms with van der Waals surface area (Å²) in [6, 6.07) is 5.03. The van der Waals surface area contributed by atoms with Crippen LogP contribution in [0, 0.1) is 0 Å². The second kappa shape index (κ2) is 7.53. The SMILES string of the molecule is C=CN(/C=C(\CCC)C(F)F)c1ccc(N)cc1OC. The van der Waals surface area contributed by atoms with Crippen molar-refractivity contribution in [1.82, 2.24) is 0 Å². The third-order valence-electron chi connectivity index (χ3n) is 2.80. The molecular weight excluding hydrogens is 262 g/mol. The van der Waals surface area contributed by atoms with Crippen LogP contribution < -0.4 is 15.4 Å². The van der Waals surface area contributed by atoms with Crippen molar-refractivity contribution in [2.24, 2.45) is 0 Å². The normalized spacial score (nSPS) is 11.6. The lowest BCUT2D eigenvalue weighted by Gasteiger charge is -2.20. The summed E-state index contributed by atoms with van der Waals surface area (Å²) < 4.78 is 31.2. The van der Waals surface area contributed by atoms with Gasteiger partial charge < -0.3 is 15.4 Å². The summed E-state index contributed by atoms with van der Waals surface area (Å²) in [4.78, 5) is 1.52. The van der Waals surface area contributed by atoms with Crippen LogP contribution in [0.15, 0.2) is 42.8 Å². The molecule has 0 spiro atoms. The molecule has 0 bridgehead atoms. The van der Waals surface area contributed by atoms with E-state index in [1.165, 1.54) is 24.4 Å². The maximum absolute atomic E-state index is 13.0. The summed E-state index contributed by atoms with van der Waals surface area (Å²) >= 11 is 0. The van der Waals surface area contributed by atoms with E-state index in [0.29, 0.717) is 30.0 Å². The molecule has 1 aromatic rings. The molecule has 3 nitrogen and oxygen atoms in total. The fourth-order valence-electron chi connectivity index (χ4n) is 1.83. The van der Waals surface area contributed by atoms with Gasteiger partial charge in [0.25, 0.3) is 6.43 Å². The van der Waals surface area contributed by atoms with E-state index in [9.17, 15) is 8.78 Å². The van der Waals surface area contributed by atoms with E-state index in [1.807, 2.05) is 6.92 Å². The molecule has 0 unspecified atom stereocenters. The zero-order chi connectivity index (χ0) is 15.1. The van der Waals surface area contributed by atoms with Gasteiger partial charge in [0, 0.05) is 29.7 Å². The molecule has 0 saturated carbocycles. The van der Waals surface area contributed by atoms with Crippen molar-refractivity contribution < 1.29 is 13.5 Å². The summed E-state index contributed by atoms with van der Waals surface area (Å²) in [7, 11) is 1.50. The van der Waals surface area contributed by atoms with Gasteiger partial charge in [-0.25, -0.2) is 8.78 Å². The molecule has 20 heavy (non-hydrogen) atoms. The van der Waals surface area contributed by atoms with Gasteiger partial charge >= 0.3 is 0 Å². The zero-order valence-electron chi connectivity index (χ0n) is 11.8. The van der Waals surface area contributed by atoms with E-state index in [4.69, 9.17) is 10.5 Å². The fourth-order valence-corrected chi connectivity index (χ4v) is 1.83. The molecule has 0 radical (unpaired) electrons. The number of rotatable bonds is 7. The first-order chi connectivity index (χ1) is 9.53. The summed E-state index contributed by atoms with van der Waals surface area (Å²) in [6.07, 6.45) is 1.36. The Balaban J connectivity index is 3.18. The minimum atomic E-state index is -2.49. The quantitative estimate of drug-likeness (QED) is 0.763. The topological polar surface area (TPSA) is 38.5 Å². The van der Waals surface area contributed by atoms with Crippen molar-refractivity contribution in [1.29, 1.82) is 0 Å². The Morgan fingerprint density at radius 1 is 1.50 bits per heavy atom. The third kappa shape index (κ3) is 3.98. The number of methoxy groups -OCH3 is 1. The van der Waals surface area contributed by atoms with Gasteiger partial charge in [-0.2, -0.15) is 0 Å². The number of ether oxygens (including phenoxy) is 1. The highest BCUT2D eigenvalue weighted by molar-refractivity contribution is 5.66. The number of anilines is 2. The number of allylic oxidation sites excluding steroid dienone is 1. The van der Waals surface area contributed by atoms with Crippen LogP contribution >= 0.6 is 0 Å². The lowest BCUT2D eigenvalue weighted by atomic mass is 10.1. The maximum Gasteiger partial charge on any atom is 0.261 e.